The molecule has 47 heavy (non-hydrogen) atoms. The van der Waals surface area contributed by atoms with E-state index in [0.29, 0.717) is 39.6 Å². The molecule has 18 heteroatoms. The van der Waals surface area contributed by atoms with E-state index in [1.165, 1.54) is 13.8 Å². The number of ether oxygens (including phenoxy) is 8. The molecule has 2 fully saturated rings. The zero-order valence-corrected chi connectivity index (χ0v) is 27.3. The fourth-order valence-electron chi connectivity index (χ4n) is 4.92. The van der Waals surface area contributed by atoms with Crippen LogP contribution in [0.15, 0.2) is 0 Å². The van der Waals surface area contributed by atoms with Crippen molar-refractivity contribution in [1.29, 1.82) is 0 Å². The normalized spacial score (nSPS) is 32.0. The fraction of sp³-hybridized carbons (Fsp3) is 0.931. The van der Waals surface area contributed by atoms with Gasteiger partial charge in [0.1, 0.15) is 36.6 Å². The molecule has 18 nitrogen and oxygen atoms in total. The van der Waals surface area contributed by atoms with E-state index in [1.807, 2.05) is 6.92 Å². The van der Waals surface area contributed by atoms with Crippen molar-refractivity contribution in [1.82, 2.24) is 10.6 Å². The van der Waals surface area contributed by atoms with Crippen molar-refractivity contribution < 1.29 is 78.1 Å². The Balaban J connectivity index is 1.50. The second kappa shape index (κ2) is 22.9. The van der Waals surface area contributed by atoms with Gasteiger partial charge in [0.2, 0.25) is 11.8 Å². The quantitative estimate of drug-likeness (QED) is 0.0505. The molecule has 0 aromatic heterocycles. The van der Waals surface area contributed by atoms with Crippen molar-refractivity contribution in [3.63, 3.8) is 0 Å². The zero-order chi connectivity index (χ0) is 34.8. The third-order valence-electron chi connectivity index (χ3n) is 7.30. The summed E-state index contributed by atoms with van der Waals surface area (Å²) in [5, 5.41) is 64.6. The molecule has 11 atom stereocenters. The predicted octanol–water partition coefficient (Wildman–Crippen LogP) is -4.00. The summed E-state index contributed by atoms with van der Waals surface area (Å²) in [4.78, 5) is 23.0. The minimum absolute atomic E-state index is 0.00822. The molecule has 2 aliphatic rings. The van der Waals surface area contributed by atoms with Crippen molar-refractivity contribution >= 4 is 11.8 Å². The molecule has 0 aromatic carbocycles. The lowest BCUT2D eigenvalue weighted by molar-refractivity contribution is -0.272. The lowest BCUT2D eigenvalue weighted by atomic mass is 9.97. The van der Waals surface area contributed by atoms with E-state index in [9.17, 15) is 40.2 Å². The lowest BCUT2D eigenvalue weighted by Gasteiger charge is -2.42. The summed E-state index contributed by atoms with van der Waals surface area (Å²) in [6.07, 6.45) is -9.48. The van der Waals surface area contributed by atoms with Gasteiger partial charge in [-0.1, -0.05) is 6.92 Å². The molecule has 276 valence electrons. The highest BCUT2D eigenvalue weighted by Crippen LogP contribution is 2.23. The van der Waals surface area contributed by atoms with Crippen LogP contribution < -0.4 is 10.6 Å². The maximum Gasteiger partial charge on any atom is 0.217 e. The SMILES string of the molecule is CC(=O)NC1CC(O)C(O)C(CO)OC1OCCOCCOCC(C)COCCOCCOC1OC(CO)C(O)C(O)C1NC(C)=O. The molecular weight excluding hydrogens is 632 g/mol. The van der Waals surface area contributed by atoms with Crippen LogP contribution in [-0.4, -0.2) is 183 Å². The minimum atomic E-state index is -1.38. The van der Waals surface area contributed by atoms with Crippen LogP contribution in [0.1, 0.15) is 27.2 Å². The highest BCUT2D eigenvalue weighted by molar-refractivity contribution is 5.73. The Morgan fingerprint density at radius 2 is 1.15 bits per heavy atom. The number of carbonyl (C=O) groups excluding carboxylic acids is 2. The van der Waals surface area contributed by atoms with Crippen LogP contribution in [-0.2, 0) is 47.5 Å². The molecule has 2 amide bonds. The van der Waals surface area contributed by atoms with Gasteiger partial charge in [0.05, 0.1) is 91.4 Å². The first-order chi connectivity index (χ1) is 22.5. The Bertz CT molecular complexity index is 874. The Morgan fingerprint density at radius 3 is 1.68 bits per heavy atom. The average Bonchev–Trinajstić information content (AvgIpc) is 3.13. The number of amides is 2. The molecule has 11 unspecified atom stereocenters. The number of aliphatic hydroxyl groups excluding tert-OH is 6. The van der Waals surface area contributed by atoms with Gasteiger partial charge < -0.3 is 79.2 Å². The first-order valence-corrected chi connectivity index (χ1v) is 15.8. The van der Waals surface area contributed by atoms with E-state index < -0.39 is 80.4 Å². The lowest BCUT2D eigenvalue weighted by Crippen LogP contribution is -2.64. The van der Waals surface area contributed by atoms with Crippen molar-refractivity contribution in [3.8, 4) is 0 Å². The standard InChI is InChI=1S/C29H54N2O16/c1-17(16-43-7-5-41-9-11-45-29-24(31-19(3)35)27(39)26(38)23(14-33)47-29)15-42-6-4-40-8-10-44-28-20(30-18(2)34)12-21(36)25(37)22(13-32)46-28/h17,20-29,32-33,36-39H,4-16H2,1-3H3,(H,30,34)(H,31,35). The van der Waals surface area contributed by atoms with Crippen LogP contribution in [0, 0.1) is 5.92 Å². The summed E-state index contributed by atoms with van der Waals surface area (Å²) in [5.74, 6) is -0.678. The highest BCUT2D eigenvalue weighted by Gasteiger charge is 2.45. The molecule has 2 aliphatic heterocycles. The van der Waals surface area contributed by atoms with Gasteiger partial charge in [-0.3, -0.25) is 9.59 Å². The largest absolute Gasteiger partial charge is 0.394 e. The number of hydrogen-bond acceptors (Lipinski definition) is 16. The van der Waals surface area contributed by atoms with E-state index in [4.69, 9.17) is 37.9 Å². The molecule has 0 bridgehead atoms. The molecule has 0 aliphatic carbocycles. The molecule has 0 saturated carbocycles. The van der Waals surface area contributed by atoms with Crippen LogP contribution in [0.25, 0.3) is 0 Å². The highest BCUT2D eigenvalue weighted by atomic mass is 16.7. The van der Waals surface area contributed by atoms with E-state index in [0.717, 1.165) is 0 Å². The third kappa shape index (κ3) is 15.2. The molecule has 2 heterocycles. The van der Waals surface area contributed by atoms with Gasteiger partial charge in [-0.15, -0.1) is 0 Å². The number of rotatable bonds is 22. The summed E-state index contributed by atoms with van der Waals surface area (Å²) >= 11 is 0. The van der Waals surface area contributed by atoms with Gasteiger partial charge in [0.15, 0.2) is 12.6 Å². The van der Waals surface area contributed by atoms with Crippen LogP contribution >= 0.6 is 0 Å². The maximum absolute atomic E-state index is 11.6. The number of hydrogen-bond donors (Lipinski definition) is 8. The van der Waals surface area contributed by atoms with E-state index in [2.05, 4.69) is 10.6 Å². The van der Waals surface area contributed by atoms with E-state index >= 15 is 0 Å². The second-order valence-electron chi connectivity index (χ2n) is 11.5. The molecular formula is C29H54N2O16. The summed E-state index contributed by atoms with van der Waals surface area (Å²) < 4.78 is 44.6. The van der Waals surface area contributed by atoms with Gasteiger partial charge in [-0.25, -0.2) is 0 Å². The Kier molecular flexibility index (Phi) is 20.3. The Hall–Kier alpha value is -1.62. The van der Waals surface area contributed by atoms with Crippen LogP contribution in [0.2, 0.25) is 0 Å². The van der Waals surface area contributed by atoms with E-state index in [1.54, 1.807) is 0 Å². The zero-order valence-electron chi connectivity index (χ0n) is 27.3. The second-order valence-corrected chi connectivity index (χ2v) is 11.5. The smallest absolute Gasteiger partial charge is 0.217 e. The van der Waals surface area contributed by atoms with Crippen molar-refractivity contribution in [2.45, 2.75) is 88.5 Å². The Morgan fingerprint density at radius 1 is 0.681 bits per heavy atom. The van der Waals surface area contributed by atoms with Gasteiger partial charge in [-0.2, -0.15) is 0 Å². The molecule has 0 spiro atoms. The molecule has 2 saturated heterocycles. The van der Waals surface area contributed by atoms with Gasteiger partial charge >= 0.3 is 0 Å². The number of nitrogens with one attached hydrogen (secondary N) is 2. The van der Waals surface area contributed by atoms with E-state index in [-0.39, 0.29) is 44.7 Å². The minimum Gasteiger partial charge on any atom is -0.394 e. The predicted molar refractivity (Wildman–Crippen MR) is 160 cm³/mol. The third-order valence-corrected chi connectivity index (χ3v) is 7.30. The van der Waals surface area contributed by atoms with Gasteiger partial charge in [-0.05, 0) is 0 Å². The van der Waals surface area contributed by atoms with Gasteiger partial charge in [0, 0.05) is 26.2 Å². The van der Waals surface area contributed by atoms with Crippen molar-refractivity contribution in [2.24, 2.45) is 5.92 Å². The number of carbonyl (C=O) groups is 2. The molecule has 0 radical (unpaired) electrons. The monoisotopic (exact) mass is 686 g/mol. The summed E-state index contributed by atoms with van der Waals surface area (Å²) in [7, 11) is 0. The topological polar surface area (TPSA) is 253 Å². The molecule has 0 aromatic rings. The Labute approximate surface area is 274 Å². The van der Waals surface area contributed by atoms with Gasteiger partial charge in [0.25, 0.3) is 0 Å². The summed E-state index contributed by atoms with van der Waals surface area (Å²) in [6, 6.07) is -1.73. The molecule has 8 N–H and O–H groups in total. The maximum atomic E-state index is 11.6. The summed E-state index contributed by atoms with van der Waals surface area (Å²) in [5.41, 5.74) is 0. The summed E-state index contributed by atoms with van der Waals surface area (Å²) in [6.45, 7) is 6.23. The van der Waals surface area contributed by atoms with Crippen LogP contribution in [0.5, 0.6) is 0 Å². The first kappa shape index (κ1) is 41.6. The van der Waals surface area contributed by atoms with Crippen LogP contribution in [0.3, 0.4) is 0 Å². The average molecular weight is 687 g/mol. The first-order valence-electron chi connectivity index (χ1n) is 15.8. The number of aliphatic hydroxyl groups is 6. The molecule has 2 rings (SSSR count). The van der Waals surface area contributed by atoms with Crippen LogP contribution in [0.4, 0.5) is 0 Å². The fourth-order valence-corrected chi connectivity index (χ4v) is 4.92. The van der Waals surface area contributed by atoms with Crippen molar-refractivity contribution in [3.05, 3.63) is 0 Å². The van der Waals surface area contributed by atoms with Crippen molar-refractivity contribution in [2.75, 3.05) is 79.3 Å².